The van der Waals surface area contributed by atoms with Crippen molar-refractivity contribution < 1.29 is 13.2 Å². The van der Waals surface area contributed by atoms with Crippen LogP contribution < -0.4 is 10.5 Å². The van der Waals surface area contributed by atoms with Gasteiger partial charge in [0.05, 0.1) is 16.5 Å². The van der Waals surface area contributed by atoms with Gasteiger partial charge in [0.15, 0.2) is 0 Å². The van der Waals surface area contributed by atoms with Crippen molar-refractivity contribution in [2.45, 2.75) is 24.3 Å². The van der Waals surface area contributed by atoms with Gasteiger partial charge < -0.3 is 10.5 Å². The predicted octanol–water partition coefficient (Wildman–Crippen LogP) is 1.68. The highest BCUT2D eigenvalue weighted by Gasteiger charge is 2.20. The van der Waals surface area contributed by atoms with Crippen LogP contribution in [0, 0.1) is 0 Å². The van der Waals surface area contributed by atoms with Crippen molar-refractivity contribution in [2.75, 3.05) is 13.7 Å². The highest BCUT2D eigenvalue weighted by Crippen LogP contribution is 2.21. The van der Waals surface area contributed by atoms with Crippen LogP contribution in [-0.4, -0.2) is 33.2 Å². The molecule has 0 saturated carbocycles. The first-order valence-electron chi connectivity index (χ1n) is 5.92. The van der Waals surface area contributed by atoms with E-state index in [4.69, 9.17) is 34.3 Å². The monoisotopic (exact) mass is 336 g/mol. The molecule has 1 atom stereocenters. The van der Waals surface area contributed by atoms with Crippen molar-refractivity contribution in [1.29, 1.82) is 0 Å². The summed E-state index contributed by atoms with van der Waals surface area (Å²) in [4.78, 5) is 0.190. The van der Waals surface area contributed by atoms with Crippen LogP contribution in [0.5, 0.6) is 0 Å². The number of nitrogens with one attached hydrogen (secondary N) is 1. The lowest BCUT2D eigenvalue weighted by atomic mass is 10.2. The fraction of sp³-hybridized carbons (Fsp3) is 0.417. The molecule has 0 aliphatic rings. The number of halogens is 1. The van der Waals surface area contributed by atoms with Crippen molar-refractivity contribution >= 4 is 38.8 Å². The molecule has 0 fully saturated rings. The van der Waals surface area contributed by atoms with Gasteiger partial charge in [-0.1, -0.05) is 30.7 Å². The Balaban J connectivity index is 3.04. The van der Waals surface area contributed by atoms with Crippen molar-refractivity contribution in [3.63, 3.8) is 0 Å². The topological polar surface area (TPSA) is 81.4 Å². The zero-order valence-corrected chi connectivity index (χ0v) is 13.6. The van der Waals surface area contributed by atoms with Crippen LogP contribution >= 0.6 is 23.8 Å². The third-order valence-corrected chi connectivity index (χ3v) is 4.75. The largest absolute Gasteiger partial charge is 0.389 e. The quantitative estimate of drug-likeness (QED) is 0.740. The Morgan fingerprint density at radius 1 is 1.55 bits per heavy atom. The molecule has 112 valence electrons. The molecule has 0 heterocycles. The molecule has 1 aromatic carbocycles. The number of hydrogen-bond donors (Lipinski definition) is 2. The van der Waals surface area contributed by atoms with Crippen molar-refractivity contribution in [3.05, 3.63) is 28.8 Å². The zero-order chi connectivity index (χ0) is 15.3. The molecule has 3 N–H and O–H groups in total. The second-order valence-electron chi connectivity index (χ2n) is 4.19. The summed E-state index contributed by atoms with van der Waals surface area (Å²) in [6.07, 6.45) is 0.617. The molecule has 0 aliphatic carbocycles. The van der Waals surface area contributed by atoms with Crippen LogP contribution in [0.2, 0.25) is 5.02 Å². The molecule has 0 radical (unpaired) electrons. The van der Waals surface area contributed by atoms with E-state index in [1.807, 2.05) is 6.92 Å². The third-order valence-electron chi connectivity index (χ3n) is 2.70. The zero-order valence-electron chi connectivity index (χ0n) is 11.2. The van der Waals surface area contributed by atoms with Gasteiger partial charge in [0, 0.05) is 18.7 Å². The Labute approximate surface area is 129 Å². The minimum absolute atomic E-state index is 0.0667. The van der Waals surface area contributed by atoms with Crippen LogP contribution in [0.1, 0.15) is 18.9 Å². The van der Waals surface area contributed by atoms with E-state index in [0.29, 0.717) is 18.6 Å². The van der Waals surface area contributed by atoms with Gasteiger partial charge in [-0.05, 0) is 24.6 Å². The van der Waals surface area contributed by atoms with Gasteiger partial charge in [0.2, 0.25) is 10.0 Å². The Bertz CT molecular complexity index is 590. The summed E-state index contributed by atoms with van der Waals surface area (Å²) < 4.78 is 32.0. The first-order valence-corrected chi connectivity index (χ1v) is 8.19. The van der Waals surface area contributed by atoms with Gasteiger partial charge >= 0.3 is 0 Å². The second kappa shape index (κ2) is 7.33. The summed E-state index contributed by atoms with van der Waals surface area (Å²) in [5.41, 5.74) is 5.93. The van der Waals surface area contributed by atoms with E-state index in [-0.39, 0.29) is 20.9 Å². The highest BCUT2D eigenvalue weighted by atomic mass is 35.5. The standard InChI is InChI=1S/C12H17ClN2O3S2/c1-3-8(7-18-2)15-20(16,17)9-4-5-10(12(14)19)11(13)6-9/h4-6,8,15H,3,7H2,1-2H3,(H2,14,19). The summed E-state index contributed by atoms with van der Waals surface area (Å²) >= 11 is 10.8. The van der Waals surface area contributed by atoms with Gasteiger partial charge in [-0.2, -0.15) is 0 Å². The Morgan fingerprint density at radius 3 is 2.65 bits per heavy atom. The first-order chi connectivity index (χ1) is 9.31. The summed E-state index contributed by atoms with van der Waals surface area (Å²) in [5, 5.41) is 0.208. The maximum Gasteiger partial charge on any atom is 0.240 e. The lowest BCUT2D eigenvalue weighted by molar-refractivity contribution is 0.173. The minimum atomic E-state index is -3.66. The van der Waals surface area contributed by atoms with Crippen molar-refractivity contribution in [2.24, 2.45) is 5.73 Å². The average molecular weight is 337 g/mol. The van der Waals surface area contributed by atoms with E-state index in [9.17, 15) is 8.42 Å². The molecule has 1 unspecified atom stereocenters. The lowest BCUT2D eigenvalue weighted by Crippen LogP contribution is -2.37. The number of methoxy groups -OCH3 is 1. The number of thiocarbonyl (C=S) groups is 1. The molecule has 1 rings (SSSR count). The van der Waals surface area contributed by atoms with E-state index >= 15 is 0 Å². The normalized spacial score (nSPS) is 13.2. The molecule has 1 aromatic rings. The number of hydrogen-bond acceptors (Lipinski definition) is 4. The number of benzene rings is 1. The number of rotatable bonds is 7. The number of nitrogens with two attached hydrogens (primary N) is 1. The van der Waals surface area contributed by atoms with Crippen LogP contribution in [0.4, 0.5) is 0 Å². The smallest absolute Gasteiger partial charge is 0.240 e. The van der Waals surface area contributed by atoms with E-state index < -0.39 is 10.0 Å². The summed E-state index contributed by atoms with van der Waals surface area (Å²) in [6, 6.07) is 3.95. The molecule has 0 amide bonds. The lowest BCUT2D eigenvalue weighted by Gasteiger charge is -2.16. The van der Waals surface area contributed by atoms with E-state index in [2.05, 4.69) is 4.72 Å². The SMILES string of the molecule is CCC(COC)NS(=O)(=O)c1ccc(C(N)=S)c(Cl)c1. The van der Waals surface area contributed by atoms with Gasteiger partial charge in [-0.15, -0.1) is 0 Å². The third kappa shape index (κ3) is 4.39. The fourth-order valence-electron chi connectivity index (χ4n) is 1.59. The molecular weight excluding hydrogens is 320 g/mol. The summed E-state index contributed by atoms with van der Waals surface area (Å²) in [7, 11) is -2.14. The van der Waals surface area contributed by atoms with E-state index in [1.165, 1.54) is 25.3 Å². The van der Waals surface area contributed by atoms with Gasteiger partial charge in [0.1, 0.15) is 4.99 Å². The van der Waals surface area contributed by atoms with Crippen LogP contribution in [0.25, 0.3) is 0 Å². The van der Waals surface area contributed by atoms with Gasteiger partial charge in [-0.3, -0.25) is 0 Å². The maximum absolute atomic E-state index is 12.2. The molecule has 0 aromatic heterocycles. The Kier molecular flexibility index (Phi) is 6.35. The molecule has 0 saturated heterocycles. The van der Waals surface area contributed by atoms with Crippen LogP contribution in [-0.2, 0) is 14.8 Å². The Hall–Kier alpha value is -0.730. The minimum Gasteiger partial charge on any atom is -0.389 e. The molecule has 8 heteroatoms. The Morgan fingerprint density at radius 2 is 2.20 bits per heavy atom. The molecule has 0 spiro atoms. The highest BCUT2D eigenvalue weighted by molar-refractivity contribution is 7.89. The number of ether oxygens (including phenoxy) is 1. The van der Waals surface area contributed by atoms with Gasteiger partial charge in [-0.25, -0.2) is 13.1 Å². The average Bonchev–Trinajstić information content (AvgIpc) is 2.37. The number of sulfonamides is 1. The fourth-order valence-corrected chi connectivity index (χ4v) is 3.50. The molecular formula is C12H17ClN2O3S2. The summed E-state index contributed by atoms with van der Waals surface area (Å²) in [6.45, 7) is 2.17. The second-order valence-corrected chi connectivity index (χ2v) is 6.75. The van der Waals surface area contributed by atoms with Crippen molar-refractivity contribution in [1.82, 2.24) is 4.72 Å². The van der Waals surface area contributed by atoms with Crippen LogP contribution in [0.15, 0.2) is 23.1 Å². The van der Waals surface area contributed by atoms with Crippen LogP contribution in [0.3, 0.4) is 0 Å². The predicted molar refractivity (Wildman–Crippen MR) is 83.6 cm³/mol. The van der Waals surface area contributed by atoms with E-state index in [1.54, 1.807) is 0 Å². The van der Waals surface area contributed by atoms with Gasteiger partial charge in [0.25, 0.3) is 0 Å². The van der Waals surface area contributed by atoms with Crippen molar-refractivity contribution in [3.8, 4) is 0 Å². The molecule has 0 bridgehead atoms. The molecule has 0 aliphatic heterocycles. The van der Waals surface area contributed by atoms with E-state index in [0.717, 1.165) is 0 Å². The molecule has 5 nitrogen and oxygen atoms in total. The summed E-state index contributed by atoms with van der Waals surface area (Å²) in [5.74, 6) is 0. The molecule has 20 heavy (non-hydrogen) atoms. The maximum atomic E-state index is 12.2. The first kappa shape index (κ1) is 17.3.